The number of hydrogen-bond acceptors (Lipinski definition) is 5. The first-order chi connectivity index (χ1) is 10.3. The van der Waals surface area contributed by atoms with Crippen LogP contribution in [-0.4, -0.2) is 29.5 Å². The third kappa shape index (κ3) is 1.96. The van der Waals surface area contributed by atoms with Crippen LogP contribution >= 0.6 is 11.8 Å². The van der Waals surface area contributed by atoms with Crippen molar-refractivity contribution in [3.63, 3.8) is 0 Å². The van der Waals surface area contributed by atoms with Crippen LogP contribution in [0, 0.1) is 0 Å². The Morgan fingerprint density at radius 2 is 1.95 bits per heavy atom. The highest BCUT2D eigenvalue weighted by Crippen LogP contribution is 2.38. The molecular weight excluding hydrogens is 282 g/mol. The first-order valence-electron chi connectivity index (χ1n) is 6.91. The zero-order valence-electron chi connectivity index (χ0n) is 11.7. The third-order valence-electron chi connectivity index (χ3n) is 4.06. The van der Waals surface area contributed by atoms with Gasteiger partial charge in [0.25, 0.3) is 0 Å². The summed E-state index contributed by atoms with van der Waals surface area (Å²) in [7, 11) is 0. The third-order valence-corrected chi connectivity index (χ3v) is 5.30. The first-order valence-corrected chi connectivity index (χ1v) is 8.13. The molecule has 3 aromatic rings. The van der Waals surface area contributed by atoms with Crippen LogP contribution < -0.4 is 5.32 Å². The smallest absolute Gasteiger partial charge is 0.245 e. The summed E-state index contributed by atoms with van der Waals surface area (Å²) in [5.41, 5.74) is 1.02. The normalized spacial score (nSPS) is 16.8. The van der Waals surface area contributed by atoms with Crippen LogP contribution in [0.1, 0.15) is 5.89 Å². The fourth-order valence-corrected chi connectivity index (χ4v) is 3.42. The Bertz CT molecular complexity index is 784. The molecule has 0 bridgehead atoms. The molecule has 4 rings (SSSR count). The average Bonchev–Trinajstić information content (AvgIpc) is 2.96. The van der Waals surface area contributed by atoms with Crippen molar-refractivity contribution >= 4 is 22.5 Å². The Balaban J connectivity index is 1.81. The lowest BCUT2D eigenvalue weighted by atomic mass is 10.0. The fraction of sp³-hybridized carbons (Fsp3) is 0.250. The van der Waals surface area contributed by atoms with Gasteiger partial charge in [-0.25, -0.2) is 0 Å². The molecular formula is C16H15N3OS. The highest BCUT2D eigenvalue weighted by molar-refractivity contribution is 7.99. The summed E-state index contributed by atoms with van der Waals surface area (Å²) >= 11 is 1.77. The lowest BCUT2D eigenvalue weighted by Gasteiger charge is -2.37. The molecule has 0 saturated carbocycles. The van der Waals surface area contributed by atoms with Gasteiger partial charge in [-0.05, 0) is 17.0 Å². The van der Waals surface area contributed by atoms with Gasteiger partial charge in [-0.3, -0.25) is 0 Å². The SMILES string of the molecule is CSC1(c2nc(-c3cccc4ccccc34)no2)CNC1. The van der Waals surface area contributed by atoms with E-state index in [-0.39, 0.29) is 4.75 Å². The van der Waals surface area contributed by atoms with Crippen LogP contribution in [0.5, 0.6) is 0 Å². The van der Waals surface area contributed by atoms with Gasteiger partial charge in [0.1, 0.15) is 4.75 Å². The molecule has 5 heteroatoms. The summed E-state index contributed by atoms with van der Waals surface area (Å²) in [6.07, 6.45) is 2.09. The monoisotopic (exact) mass is 297 g/mol. The second kappa shape index (κ2) is 4.86. The molecule has 1 saturated heterocycles. The molecule has 0 spiro atoms. The lowest BCUT2D eigenvalue weighted by Crippen LogP contribution is -2.54. The molecule has 1 fully saturated rings. The van der Waals surface area contributed by atoms with Gasteiger partial charge in [-0.15, -0.1) is 11.8 Å². The van der Waals surface area contributed by atoms with E-state index in [1.54, 1.807) is 11.8 Å². The zero-order chi connectivity index (χ0) is 14.3. The van der Waals surface area contributed by atoms with Crippen molar-refractivity contribution in [1.29, 1.82) is 0 Å². The van der Waals surface area contributed by atoms with Crippen molar-refractivity contribution in [3.05, 3.63) is 48.4 Å². The number of rotatable bonds is 3. The van der Waals surface area contributed by atoms with Gasteiger partial charge in [0.15, 0.2) is 0 Å². The molecule has 0 atom stereocenters. The van der Waals surface area contributed by atoms with E-state index in [0.717, 1.165) is 29.9 Å². The number of thioether (sulfide) groups is 1. The standard InChI is InChI=1S/C16H15N3OS/c1-21-16(9-17-10-16)15-18-14(19-20-15)13-8-4-6-11-5-2-3-7-12(11)13/h2-8,17H,9-10H2,1H3. The summed E-state index contributed by atoms with van der Waals surface area (Å²) < 4.78 is 5.48. The van der Waals surface area contributed by atoms with E-state index in [0.29, 0.717) is 5.82 Å². The maximum absolute atomic E-state index is 5.54. The number of nitrogens with one attached hydrogen (secondary N) is 1. The van der Waals surface area contributed by atoms with Gasteiger partial charge in [0.05, 0.1) is 0 Å². The molecule has 1 N–H and O–H groups in total. The predicted octanol–water partition coefficient (Wildman–Crippen LogP) is 3.05. The number of nitrogens with zero attached hydrogens (tertiary/aromatic N) is 2. The van der Waals surface area contributed by atoms with Crippen molar-refractivity contribution in [2.24, 2.45) is 0 Å². The van der Waals surface area contributed by atoms with E-state index in [9.17, 15) is 0 Å². The van der Waals surface area contributed by atoms with Crippen LogP contribution in [0.2, 0.25) is 0 Å². The summed E-state index contributed by atoms with van der Waals surface area (Å²) in [6.45, 7) is 1.76. The van der Waals surface area contributed by atoms with Gasteiger partial charge in [0, 0.05) is 18.7 Å². The maximum atomic E-state index is 5.54. The number of fused-ring (bicyclic) bond motifs is 1. The van der Waals surface area contributed by atoms with Gasteiger partial charge in [-0.2, -0.15) is 4.98 Å². The molecule has 1 aliphatic rings. The summed E-state index contributed by atoms with van der Waals surface area (Å²) in [6, 6.07) is 14.4. The largest absolute Gasteiger partial charge is 0.337 e. The fourth-order valence-electron chi connectivity index (χ4n) is 2.67. The Kier molecular flexibility index (Phi) is 2.97. The number of aromatic nitrogens is 2. The quantitative estimate of drug-likeness (QED) is 0.805. The number of benzene rings is 2. The van der Waals surface area contributed by atoms with Gasteiger partial charge < -0.3 is 9.84 Å². The van der Waals surface area contributed by atoms with E-state index in [1.807, 2.05) is 24.3 Å². The van der Waals surface area contributed by atoms with Gasteiger partial charge in [0.2, 0.25) is 11.7 Å². The second-order valence-electron chi connectivity index (χ2n) is 5.25. The van der Waals surface area contributed by atoms with Crippen LogP contribution in [0.3, 0.4) is 0 Å². The van der Waals surface area contributed by atoms with E-state index >= 15 is 0 Å². The highest BCUT2D eigenvalue weighted by atomic mass is 32.2. The van der Waals surface area contributed by atoms with E-state index in [1.165, 1.54) is 5.39 Å². The Hall–Kier alpha value is -1.85. The Labute approximate surface area is 126 Å². The van der Waals surface area contributed by atoms with Crippen LogP contribution in [-0.2, 0) is 4.75 Å². The molecule has 21 heavy (non-hydrogen) atoms. The number of hydrogen-bond donors (Lipinski definition) is 1. The maximum Gasteiger partial charge on any atom is 0.245 e. The van der Waals surface area contributed by atoms with Crippen LogP contribution in [0.15, 0.2) is 47.0 Å². The molecule has 0 aliphatic carbocycles. The summed E-state index contributed by atoms with van der Waals surface area (Å²) in [5.74, 6) is 1.39. The minimum absolute atomic E-state index is 0.0597. The summed E-state index contributed by atoms with van der Waals surface area (Å²) in [5, 5.41) is 9.82. The molecule has 2 aromatic carbocycles. The van der Waals surface area contributed by atoms with Gasteiger partial charge in [-0.1, -0.05) is 47.6 Å². The zero-order valence-corrected chi connectivity index (χ0v) is 12.5. The minimum Gasteiger partial charge on any atom is -0.337 e. The van der Waals surface area contributed by atoms with Gasteiger partial charge >= 0.3 is 0 Å². The predicted molar refractivity (Wildman–Crippen MR) is 85.3 cm³/mol. The molecule has 0 radical (unpaired) electrons. The summed E-state index contributed by atoms with van der Waals surface area (Å²) in [4.78, 5) is 4.66. The molecule has 4 nitrogen and oxygen atoms in total. The average molecular weight is 297 g/mol. The Morgan fingerprint density at radius 3 is 2.71 bits per heavy atom. The molecule has 2 heterocycles. The van der Waals surface area contributed by atoms with Crippen molar-refractivity contribution in [3.8, 4) is 11.4 Å². The van der Waals surface area contributed by atoms with Crippen molar-refractivity contribution in [2.45, 2.75) is 4.75 Å². The van der Waals surface area contributed by atoms with Crippen LogP contribution in [0.4, 0.5) is 0 Å². The van der Waals surface area contributed by atoms with Crippen molar-refractivity contribution in [1.82, 2.24) is 15.5 Å². The van der Waals surface area contributed by atoms with E-state index in [2.05, 4.69) is 39.9 Å². The topological polar surface area (TPSA) is 51.0 Å². The second-order valence-corrected chi connectivity index (χ2v) is 6.44. The van der Waals surface area contributed by atoms with E-state index in [4.69, 9.17) is 4.52 Å². The molecule has 106 valence electrons. The molecule has 0 amide bonds. The lowest BCUT2D eigenvalue weighted by molar-refractivity contribution is 0.284. The first kappa shape index (κ1) is 12.9. The van der Waals surface area contributed by atoms with Crippen molar-refractivity contribution < 1.29 is 4.52 Å². The molecule has 0 unspecified atom stereocenters. The molecule has 1 aliphatic heterocycles. The van der Waals surface area contributed by atoms with Crippen LogP contribution in [0.25, 0.3) is 22.2 Å². The Morgan fingerprint density at radius 1 is 1.14 bits per heavy atom. The van der Waals surface area contributed by atoms with E-state index < -0.39 is 0 Å². The van der Waals surface area contributed by atoms with Crippen molar-refractivity contribution in [2.75, 3.05) is 19.3 Å². The minimum atomic E-state index is -0.0597. The molecule has 1 aromatic heterocycles. The highest BCUT2D eigenvalue weighted by Gasteiger charge is 2.43.